The second-order valence-electron chi connectivity index (χ2n) is 8.06. The molecule has 0 spiro atoms. The van der Waals surface area contributed by atoms with E-state index >= 15 is 0 Å². The van der Waals surface area contributed by atoms with Gasteiger partial charge in [0.2, 0.25) is 5.91 Å². The summed E-state index contributed by atoms with van der Waals surface area (Å²) in [5, 5.41) is 3.36. The van der Waals surface area contributed by atoms with Gasteiger partial charge in [-0.05, 0) is 48.9 Å². The quantitative estimate of drug-likeness (QED) is 0.545. The molecule has 1 aliphatic heterocycles. The second-order valence-corrected chi connectivity index (χ2v) is 8.47. The van der Waals surface area contributed by atoms with Gasteiger partial charge in [0.05, 0.1) is 30.3 Å². The molecule has 6 nitrogen and oxygen atoms in total. The van der Waals surface area contributed by atoms with Gasteiger partial charge in [0.25, 0.3) is 0 Å². The smallest absolute Gasteiger partial charge is 0.322 e. The number of para-hydroxylation sites is 1. The molecule has 1 aliphatic rings. The monoisotopic (exact) mass is 463 g/mol. The fourth-order valence-corrected chi connectivity index (χ4v) is 3.95. The lowest BCUT2D eigenvalue weighted by Crippen LogP contribution is -2.36. The summed E-state index contributed by atoms with van der Waals surface area (Å²) in [6, 6.07) is 20.7. The van der Waals surface area contributed by atoms with E-state index in [2.05, 4.69) is 5.32 Å². The fraction of sp³-hybridized carbons (Fsp3) is 0.231. The number of carbonyl (C=O) groups excluding carboxylic acids is 2. The van der Waals surface area contributed by atoms with Crippen molar-refractivity contribution in [1.82, 2.24) is 4.90 Å². The van der Waals surface area contributed by atoms with Crippen LogP contribution in [-0.4, -0.2) is 30.0 Å². The molecule has 1 heterocycles. The van der Waals surface area contributed by atoms with Crippen LogP contribution in [0.15, 0.2) is 66.7 Å². The molecule has 3 aromatic carbocycles. The van der Waals surface area contributed by atoms with E-state index in [4.69, 9.17) is 16.3 Å². The van der Waals surface area contributed by atoms with Gasteiger partial charge < -0.3 is 19.9 Å². The third-order valence-corrected chi connectivity index (χ3v) is 5.90. The average molecular weight is 464 g/mol. The van der Waals surface area contributed by atoms with Crippen LogP contribution in [0.4, 0.5) is 16.2 Å². The van der Waals surface area contributed by atoms with Gasteiger partial charge in [-0.25, -0.2) is 4.79 Å². The fourth-order valence-electron chi connectivity index (χ4n) is 3.77. The van der Waals surface area contributed by atoms with Crippen LogP contribution < -0.4 is 15.0 Å². The lowest BCUT2D eigenvalue weighted by Gasteiger charge is -2.23. The zero-order valence-electron chi connectivity index (χ0n) is 18.7. The number of carbonyl (C=O) groups is 2. The molecule has 7 heteroatoms. The van der Waals surface area contributed by atoms with Gasteiger partial charge in [0.1, 0.15) is 12.4 Å². The van der Waals surface area contributed by atoms with Gasteiger partial charge in [-0.2, -0.15) is 0 Å². The second kappa shape index (κ2) is 9.96. The van der Waals surface area contributed by atoms with Gasteiger partial charge in [-0.15, -0.1) is 0 Å². The number of hydrogen-bond acceptors (Lipinski definition) is 3. The maximum absolute atomic E-state index is 12.9. The lowest BCUT2D eigenvalue weighted by atomic mass is 10.1. The Morgan fingerprint density at radius 3 is 2.58 bits per heavy atom. The first-order chi connectivity index (χ1) is 15.9. The van der Waals surface area contributed by atoms with Crippen LogP contribution in [-0.2, 0) is 17.9 Å². The highest BCUT2D eigenvalue weighted by molar-refractivity contribution is 6.33. The highest BCUT2D eigenvalue weighted by Crippen LogP contribution is 2.27. The van der Waals surface area contributed by atoms with E-state index < -0.39 is 0 Å². The first-order valence-corrected chi connectivity index (χ1v) is 11.2. The Morgan fingerprint density at radius 1 is 1.09 bits per heavy atom. The Hall–Kier alpha value is -3.51. The van der Waals surface area contributed by atoms with E-state index in [1.165, 1.54) is 0 Å². The van der Waals surface area contributed by atoms with Crippen molar-refractivity contribution in [1.29, 1.82) is 0 Å². The Kier molecular flexibility index (Phi) is 6.84. The van der Waals surface area contributed by atoms with Crippen LogP contribution in [0.5, 0.6) is 5.75 Å². The summed E-state index contributed by atoms with van der Waals surface area (Å²) < 4.78 is 5.88. The Balaban J connectivity index is 1.52. The Labute approximate surface area is 198 Å². The zero-order chi connectivity index (χ0) is 23.4. The SMILES string of the molecule is CC(=O)N(Cc1ccc2c(c1)CN(C(=O)Nc1ccccc1Cl)CCO2)c1ccc(C)cc1. The predicted molar refractivity (Wildman–Crippen MR) is 131 cm³/mol. The molecule has 0 saturated heterocycles. The summed E-state index contributed by atoms with van der Waals surface area (Å²) in [6.45, 7) is 5.24. The topological polar surface area (TPSA) is 61.9 Å². The number of amides is 3. The first kappa shape index (κ1) is 22.7. The third-order valence-electron chi connectivity index (χ3n) is 5.57. The minimum atomic E-state index is -0.241. The number of benzene rings is 3. The molecule has 0 radical (unpaired) electrons. The molecule has 3 amide bonds. The summed E-state index contributed by atoms with van der Waals surface area (Å²) in [7, 11) is 0. The van der Waals surface area contributed by atoms with Crippen molar-refractivity contribution in [2.24, 2.45) is 0 Å². The summed E-state index contributed by atoms with van der Waals surface area (Å²) in [5.41, 5.74) is 4.41. The van der Waals surface area contributed by atoms with Crippen LogP contribution in [0.1, 0.15) is 23.6 Å². The number of aryl methyl sites for hydroxylation is 1. The number of anilines is 2. The normalized spacial score (nSPS) is 12.9. The molecule has 3 aromatic rings. The van der Waals surface area contributed by atoms with Crippen LogP contribution >= 0.6 is 11.6 Å². The molecule has 170 valence electrons. The molecule has 0 unspecified atom stereocenters. The standard InChI is InChI=1S/C26H26ClN3O3/c1-18-7-10-22(11-8-18)30(19(2)31)16-20-9-12-25-21(15-20)17-29(13-14-33-25)26(32)28-24-6-4-3-5-23(24)27/h3-12,15H,13-14,16-17H2,1-2H3,(H,28,32). The van der Waals surface area contributed by atoms with E-state index in [0.29, 0.717) is 37.0 Å². The molecule has 0 fully saturated rings. The minimum absolute atomic E-state index is 0.0363. The highest BCUT2D eigenvalue weighted by atomic mass is 35.5. The highest BCUT2D eigenvalue weighted by Gasteiger charge is 2.21. The number of ether oxygens (including phenoxy) is 1. The molecule has 0 aromatic heterocycles. The summed E-state index contributed by atoms with van der Waals surface area (Å²) >= 11 is 6.18. The molecule has 0 saturated carbocycles. The van der Waals surface area contributed by atoms with Gasteiger partial charge >= 0.3 is 6.03 Å². The van der Waals surface area contributed by atoms with Gasteiger partial charge in [-0.1, -0.05) is 47.5 Å². The van der Waals surface area contributed by atoms with E-state index in [0.717, 1.165) is 28.1 Å². The number of halogens is 1. The maximum atomic E-state index is 12.9. The van der Waals surface area contributed by atoms with Crippen molar-refractivity contribution in [2.45, 2.75) is 26.9 Å². The van der Waals surface area contributed by atoms with Crippen LogP contribution in [0.3, 0.4) is 0 Å². The maximum Gasteiger partial charge on any atom is 0.322 e. The molecule has 4 rings (SSSR count). The van der Waals surface area contributed by atoms with E-state index in [-0.39, 0.29) is 11.9 Å². The molecular weight excluding hydrogens is 438 g/mol. The minimum Gasteiger partial charge on any atom is -0.491 e. The summed E-state index contributed by atoms with van der Waals surface area (Å²) in [6.07, 6.45) is 0. The van der Waals surface area contributed by atoms with Crippen LogP contribution in [0.25, 0.3) is 0 Å². The van der Waals surface area contributed by atoms with Crippen LogP contribution in [0.2, 0.25) is 5.02 Å². The molecule has 33 heavy (non-hydrogen) atoms. The zero-order valence-corrected chi connectivity index (χ0v) is 19.4. The average Bonchev–Trinajstić information content (AvgIpc) is 3.02. The summed E-state index contributed by atoms with van der Waals surface area (Å²) in [5.74, 6) is 0.710. The van der Waals surface area contributed by atoms with E-state index in [1.807, 2.05) is 61.5 Å². The third kappa shape index (κ3) is 5.46. The Morgan fingerprint density at radius 2 is 1.85 bits per heavy atom. The van der Waals surface area contributed by atoms with Crippen molar-refractivity contribution < 1.29 is 14.3 Å². The number of rotatable bonds is 4. The van der Waals surface area contributed by atoms with Crippen molar-refractivity contribution in [3.63, 3.8) is 0 Å². The van der Waals surface area contributed by atoms with E-state index in [1.54, 1.807) is 28.9 Å². The van der Waals surface area contributed by atoms with Crippen molar-refractivity contribution >= 4 is 34.9 Å². The number of urea groups is 1. The van der Waals surface area contributed by atoms with Crippen molar-refractivity contribution in [2.75, 3.05) is 23.4 Å². The largest absolute Gasteiger partial charge is 0.491 e. The molecule has 0 aliphatic carbocycles. The van der Waals surface area contributed by atoms with E-state index in [9.17, 15) is 9.59 Å². The van der Waals surface area contributed by atoms with Crippen LogP contribution in [0, 0.1) is 6.92 Å². The molecule has 0 atom stereocenters. The number of hydrogen-bond donors (Lipinski definition) is 1. The molecular formula is C26H26ClN3O3. The van der Waals surface area contributed by atoms with Gasteiger partial charge in [0, 0.05) is 18.2 Å². The van der Waals surface area contributed by atoms with Crippen molar-refractivity contribution in [3.05, 3.63) is 88.4 Å². The van der Waals surface area contributed by atoms with Gasteiger partial charge in [-0.3, -0.25) is 4.79 Å². The van der Waals surface area contributed by atoms with Crippen molar-refractivity contribution in [3.8, 4) is 5.75 Å². The number of nitrogens with zero attached hydrogens (tertiary/aromatic N) is 2. The van der Waals surface area contributed by atoms with Gasteiger partial charge in [0.15, 0.2) is 0 Å². The number of fused-ring (bicyclic) bond motifs is 1. The summed E-state index contributed by atoms with van der Waals surface area (Å²) in [4.78, 5) is 28.7. The molecule has 1 N–H and O–H groups in total. The Bertz CT molecular complexity index is 1160. The lowest BCUT2D eigenvalue weighted by molar-refractivity contribution is -0.116. The predicted octanol–water partition coefficient (Wildman–Crippen LogP) is 5.63. The molecule has 0 bridgehead atoms. The first-order valence-electron chi connectivity index (χ1n) is 10.8. The number of nitrogens with one attached hydrogen (secondary N) is 1.